The van der Waals surface area contributed by atoms with Gasteiger partial charge in [-0.3, -0.25) is 0 Å². The summed E-state index contributed by atoms with van der Waals surface area (Å²) in [5.41, 5.74) is 1.55. The number of fused-ring (bicyclic) bond motifs is 1. The Morgan fingerprint density at radius 1 is 1.33 bits per heavy atom. The third-order valence-corrected chi connectivity index (χ3v) is 5.22. The lowest BCUT2D eigenvalue weighted by molar-refractivity contribution is 0.341. The van der Waals surface area contributed by atoms with Crippen molar-refractivity contribution < 1.29 is 0 Å². The topological polar surface area (TPSA) is 12.0 Å². The molecule has 0 aliphatic carbocycles. The van der Waals surface area contributed by atoms with Crippen molar-refractivity contribution in [2.75, 3.05) is 13.1 Å². The highest BCUT2D eigenvalue weighted by molar-refractivity contribution is 8.00. The summed E-state index contributed by atoms with van der Waals surface area (Å²) in [4.78, 5) is 1.51. The number of hydrogen-bond acceptors (Lipinski definition) is 2. The first kappa shape index (κ1) is 14.0. The lowest BCUT2D eigenvalue weighted by Gasteiger charge is -2.24. The molecule has 1 N–H and O–H groups in total. The molecule has 2 unspecified atom stereocenters. The SMILES string of the molecule is CCNCC(CC1Cc2ccccc2S1)C(C)C. The molecule has 0 fully saturated rings. The highest BCUT2D eigenvalue weighted by Gasteiger charge is 2.25. The molecule has 1 aliphatic heterocycles. The maximum absolute atomic E-state index is 3.52. The van der Waals surface area contributed by atoms with Gasteiger partial charge in [0.1, 0.15) is 0 Å². The van der Waals surface area contributed by atoms with Gasteiger partial charge in [0.25, 0.3) is 0 Å². The fourth-order valence-corrected chi connectivity index (χ4v) is 4.07. The molecule has 2 atom stereocenters. The molecule has 2 rings (SSSR count). The summed E-state index contributed by atoms with van der Waals surface area (Å²) in [5.74, 6) is 1.57. The van der Waals surface area contributed by atoms with Crippen LogP contribution in [0.25, 0.3) is 0 Å². The van der Waals surface area contributed by atoms with Crippen molar-refractivity contribution in [2.45, 2.75) is 43.8 Å². The summed E-state index contributed by atoms with van der Waals surface area (Å²) in [6.07, 6.45) is 2.60. The van der Waals surface area contributed by atoms with Gasteiger partial charge in [-0.05, 0) is 49.4 Å². The molecule has 0 bridgehead atoms. The highest BCUT2D eigenvalue weighted by atomic mass is 32.2. The summed E-state index contributed by atoms with van der Waals surface area (Å²) in [6, 6.07) is 8.89. The summed E-state index contributed by atoms with van der Waals surface area (Å²) in [7, 11) is 0. The van der Waals surface area contributed by atoms with Crippen molar-refractivity contribution in [1.29, 1.82) is 0 Å². The molecule has 1 heterocycles. The van der Waals surface area contributed by atoms with Gasteiger partial charge in [-0.1, -0.05) is 39.0 Å². The van der Waals surface area contributed by atoms with Crippen LogP contribution in [0.5, 0.6) is 0 Å². The summed E-state index contributed by atoms with van der Waals surface area (Å²) < 4.78 is 0. The standard InChI is InChI=1S/C16H25NS/c1-4-17-11-14(12(2)3)10-15-9-13-7-5-6-8-16(13)18-15/h5-8,12,14-15,17H,4,9-11H2,1-3H3. The maximum Gasteiger partial charge on any atom is 0.0138 e. The molecular formula is C16H25NS. The van der Waals surface area contributed by atoms with Crippen molar-refractivity contribution in [3.63, 3.8) is 0 Å². The van der Waals surface area contributed by atoms with Crippen molar-refractivity contribution in [1.82, 2.24) is 5.32 Å². The Balaban J connectivity index is 1.90. The number of nitrogens with one attached hydrogen (secondary N) is 1. The third-order valence-electron chi connectivity index (χ3n) is 3.88. The van der Waals surface area contributed by atoms with E-state index in [-0.39, 0.29) is 0 Å². The highest BCUT2D eigenvalue weighted by Crippen LogP contribution is 2.40. The molecule has 2 heteroatoms. The zero-order valence-electron chi connectivity index (χ0n) is 11.8. The van der Waals surface area contributed by atoms with Crippen LogP contribution in [0.3, 0.4) is 0 Å². The summed E-state index contributed by atoms with van der Waals surface area (Å²) in [6.45, 7) is 9.16. The smallest absolute Gasteiger partial charge is 0.0138 e. The molecule has 1 aliphatic rings. The molecule has 0 radical (unpaired) electrons. The van der Waals surface area contributed by atoms with Gasteiger partial charge in [0, 0.05) is 10.1 Å². The first-order valence-corrected chi connectivity index (χ1v) is 8.04. The molecule has 1 aromatic rings. The molecular weight excluding hydrogens is 238 g/mol. The fourth-order valence-electron chi connectivity index (χ4n) is 2.64. The number of hydrogen-bond donors (Lipinski definition) is 1. The largest absolute Gasteiger partial charge is 0.317 e. The normalized spacial score (nSPS) is 20.1. The Morgan fingerprint density at radius 2 is 2.11 bits per heavy atom. The Kier molecular flexibility index (Phi) is 5.13. The van der Waals surface area contributed by atoms with E-state index in [9.17, 15) is 0 Å². The third kappa shape index (κ3) is 3.52. The maximum atomic E-state index is 3.52. The van der Waals surface area contributed by atoms with Crippen LogP contribution < -0.4 is 5.32 Å². The molecule has 0 amide bonds. The minimum Gasteiger partial charge on any atom is -0.317 e. The molecule has 0 aromatic heterocycles. The summed E-state index contributed by atoms with van der Waals surface area (Å²) >= 11 is 2.09. The van der Waals surface area contributed by atoms with E-state index < -0.39 is 0 Å². The lowest BCUT2D eigenvalue weighted by atomic mass is 9.89. The average Bonchev–Trinajstić information content (AvgIpc) is 2.76. The van der Waals surface area contributed by atoms with Gasteiger partial charge >= 0.3 is 0 Å². The van der Waals surface area contributed by atoms with Crippen LogP contribution in [-0.4, -0.2) is 18.3 Å². The van der Waals surface area contributed by atoms with Crippen LogP contribution >= 0.6 is 11.8 Å². The first-order chi connectivity index (χ1) is 8.70. The van der Waals surface area contributed by atoms with Crippen LogP contribution in [0, 0.1) is 11.8 Å². The zero-order chi connectivity index (χ0) is 13.0. The molecule has 18 heavy (non-hydrogen) atoms. The Labute approximate surface area is 116 Å². The average molecular weight is 263 g/mol. The predicted molar refractivity (Wildman–Crippen MR) is 81.3 cm³/mol. The van der Waals surface area contributed by atoms with Gasteiger partial charge in [-0.15, -0.1) is 11.8 Å². The van der Waals surface area contributed by atoms with Crippen molar-refractivity contribution in [3.05, 3.63) is 29.8 Å². The minimum atomic E-state index is 0.772. The quantitative estimate of drug-likeness (QED) is 0.833. The van der Waals surface area contributed by atoms with E-state index >= 15 is 0 Å². The Hall–Kier alpha value is -0.470. The second kappa shape index (κ2) is 6.63. The van der Waals surface area contributed by atoms with Gasteiger partial charge in [0.05, 0.1) is 0 Å². The van der Waals surface area contributed by atoms with E-state index in [1.807, 2.05) is 0 Å². The molecule has 0 spiro atoms. The zero-order valence-corrected chi connectivity index (χ0v) is 12.6. The number of rotatable bonds is 6. The van der Waals surface area contributed by atoms with Gasteiger partial charge in [-0.25, -0.2) is 0 Å². The van der Waals surface area contributed by atoms with Crippen LogP contribution in [0.1, 0.15) is 32.8 Å². The van der Waals surface area contributed by atoms with Crippen LogP contribution in [0.2, 0.25) is 0 Å². The van der Waals surface area contributed by atoms with Crippen molar-refractivity contribution in [3.8, 4) is 0 Å². The second-order valence-electron chi connectivity index (χ2n) is 5.60. The van der Waals surface area contributed by atoms with Crippen LogP contribution in [0.4, 0.5) is 0 Å². The first-order valence-electron chi connectivity index (χ1n) is 7.16. The van der Waals surface area contributed by atoms with E-state index in [0.29, 0.717) is 0 Å². The summed E-state index contributed by atoms with van der Waals surface area (Å²) in [5, 5.41) is 4.30. The van der Waals surface area contributed by atoms with E-state index in [0.717, 1.165) is 23.6 Å². The molecule has 1 aromatic carbocycles. The Morgan fingerprint density at radius 3 is 2.78 bits per heavy atom. The van der Waals surface area contributed by atoms with Gasteiger partial charge in [0.2, 0.25) is 0 Å². The van der Waals surface area contributed by atoms with Crippen molar-refractivity contribution in [2.24, 2.45) is 11.8 Å². The fraction of sp³-hybridized carbons (Fsp3) is 0.625. The lowest BCUT2D eigenvalue weighted by Crippen LogP contribution is -2.28. The van der Waals surface area contributed by atoms with Gasteiger partial charge < -0.3 is 5.32 Å². The second-order valence-corrected chi connectivity index (χ2v) is 6.94. The van der Waals surface area contributed by atoms with Gasteiger partial charge in [-0.2, -0.15) is 0 Å². The van der Waals surface area contributed by atoms with Crippen molar-refractivity contribution >= 4 is 11.8 Å². The van der Waals surface area contributed by atoms with E-state index in [4.69, 9.17) is 0 Å². The Bertz CT molecular complexity index is 350. The number of thioether (sulfide) groups is 1. The number of benzene rings is 1. The van der Waals surface area contributed by atoms with E-state index in [2.05, 4.69) is 62.1 Å². The monoisotopic (exact) mass is 263 g/mol. The van der Waals surface area contributed by atoms with Gasteiger partial charge in [0.15, 0.2) is 0 Å². The molecule has 100 valence electrons. The van der Waals surface area contributed by atoms with Crippen LogP contribution in [0.15, 0.2) is 29.2 Å². The van der Waals surface area contributed by atoms with E-state index in [1.165, 1.54) is 24.3 Å². The van der Waals surface area contributed by atoms with Crippen LogP contribution in [-0.2, 0) is 6.42 Å². The van der Waals surface area contributed by atoms with E-state index in [1.54, 1.807) is 5.56 Å². The molecule has 0 saturated carbocycles. The minimum absolute atomic E-state index is 0.772. The predicted octanol–water partition coefficient (Wildman–Crippen LogP) is 3.98. The molecule has 1 nitrogen and oxygen atoms in total. The molecule has 0 saturated heterocycles.